The SMILES string of the molecule is COOOPN(C)CP(=O)(O)O. The van der Waals surface area contributed by atoms with E-state index in [1.165, 1.54) is 18.8 Å². The van der Waals surface area contributed by atoms with E-state index in [9.17, 15) is 4.57 Å². The standard InChI is InChI=1S/C3H11NO6P2/c1-4(3-12(5,6)7)11-10-9-8-2/h11H,3H2,1-2H3,(H2,5,6,7). The van der Waals surface area contributed by atoms with E-state index < -0.39 is 7.60 Å². The minimum absolute atomic E-state index is 0.320. The molecule has 0 heterocycles. The van der Waals surface area contributed by atoms with Crippen LogP contribution in [-0.4, -0.2) is 34.9 Å². The first-order valence-corrected chi connectivity index (χ1v) is 5.48. The number of hydrogen-bond acceptors (Lipinski definition) is 5. The number of nitrogens with zero attached hydrogens (tertiary/aromatic N) is 1. The highest BCUT2D eigenvalue weighted by Crippen LogP contribution is 2.37. The van der Waals surface area contributed by atoms with Crippen molar-refractivity contribution in [1.82, 2.24) is 4.67 Å². The molecule has 1 unspecified atom stereocenters. The smallest absolute Gasteiger partial charge is 0.324 e. The average molecular weight is 219 g/mol. The molecule has 0 radical (unpaired) electrons. The highest BCUT2D eigenvalue weighted by atomic mass is 31.2. The highest BCUT2D eigenvalue weighted by molar-refractivity contribution is 7.52. The molecule has 0 saturated carbocycles. The van der Waals surface area contributed by atoms with Gasteiger partial charge in [0, 0.05) is 0 Å². The second kappa shape index (κ2) is 5.96. The van der Waals surface area contributed by atoms with Gasteiger partial charge in [0.25, 0.3) is 0 Å². The maximum Gasteiger partial charge on any atom is 0.339 e. The molecule has 0 amide bonds. The van der Waals surface area contributed by atoms with Gasteiger partial charge in [0.1, 0.15) is 15.2 Å². The van der Waals surface area contributed by atoms with Crippen LogP contribution in [0.1, 0.15) is 0 Å². The van der Waals surface area contributed by atoms with Crippen molar-refractivity contribution < 1.29 is 29.0 Å². The summed E-state index contributed by atoms with van der Waals surface area (Å²) in [5.74, 6) is 0. The zero-order valence-electron chi connectivity index (χ0n) is 6.63. The Hall–Kier alpha value is 0.420. The monoisotopic (exact) mass is 219 g/mol. The molecule has 0 fully saturated rings. The van der Waals surface area contributed by atoms with Gasteiger partial charge in [-0.3, -0.25) is 9.24 Å². The number of hydrogen-bond donors (Lipinski definition) is 2. The van der Waals surface area contributed by atoms with Crippen molar-refractivity contribution in [3.05, 3.63) is 0 Å². The molecule has 0 aromatic heterocycles. The minimum atomic E-state index is -4.01. The Balaban J connectivity index is 3.46. The summed E-state index contributed by atoms with van der Waals surface area (Å²) in [6, 6.07) is 0. The molecular weight excluding hydrogens is 208 g/mol. The normalized spacial score (nSPS) is 13.4. The van der Waals surface area contributed by atoms with Gasteiger partial charge in [-0.05, 0) is 7.05 Å². The van der Waals surface area contributed by atoms with Gasteiger partial charge in [0.2, 0.25) is 0 Å². The lowest BCUT2D eigenvalue weighted by Crippen LogP contribution is -2.09. The minimum Gasteiger partial charge on any atom is -0.324 e. The molecule has 1 atom stereocenters. The Labute approximate surface area is 71.5 Å². The van der Waals surface area contributed by atoms with Crippen molar-refractivity contribution in [3.63, 3.8) is 0 Å². The summed E-state index contributed by atoms with van der Waals surface area (Å²) in [6.07, 6.45) is -0.376. The molecule has 74 valence electrons. The van der Waals surface area contributed by atoms with E-state index in [4.69, 9.17) is 9.79 Å². The van der Waals surface area contributed by atoms with Crippen LogP contribution in [0, 0.1) is 0 Å². The first-order valence-electron chi connectivity index (χ1n) is 2.83. The van der Waals surface area contributed by atoms with Crippen molar-refractivity contribution in [2.45, 2.75) is 0 Å². The Morgan fingerprint density at radius 1 is 1.58 bits per heavy atom. The molecule has 0 aliphatic heterocycles. The summed E-state index contributed by atoms with van der Waals surface area (Å²) in [5, 5.41) is 4.04. The molecule has 0 aliphatic rings. The fraction of sp³-hybridized carbons (Fsp3) is 1.00. The molecule has 9 heteroatoms. The van der Waals surface area contributed by atoms with Crippen molar-refractivity contribution >= 4 is 16.6 Å². The van der Waals surface area contributed by atoms with E-state index in [1.807, 2.05) is 0 Å². The van der Waals surface area contributed by atoms with Crippen LogP contribution >= 0.6 is 16.6 Å². The van der Waals surface area contributed by atoms with Crippen molar-refractivity contribution in [1.29, 1.82) is 0 Å². The maximum absolute atomic E-state index is 10.4. The third-order valence-corrected chi connectivity index (χ3v) is 2.36. The van der Waals surface area contributed by atoms with Crippen LogP contribution in [-0.2, 0) is 19.2 Å². The maximum atomic E-state index is 10.4. The molecule has 0 saturated heterocycles. The van der Waals surface area contributed by atoms with Gasteiger partial charge in [-0.15, -0.1) is 0 Å². The van der Waals surface area contributed by atoms with E-state index in [1.54, 1.807) is 0 Å². The average Bonchev–Trinajstić information content (AvgIpc) is 1.84. The van der Waals surface area contributed by atoms with Crippen LogP contribution in [0.3, 0.4) is 0 Å². The molecule has 0 rings (SSSR count). The first-order chi connectivity index (χ1) is 5.45. The number of rotatable bonds is 6. The molecule has 12 heavy (non-hydrogen) atoms. The van der Waals surface area contributed by atoms with Gasteiger partial charge < -0.3 is 9.79 Å². The summed E-state index contributed by atoms with van der Waals surface area (Å²) in [5.41, 5.74) is 0. The summed E-state index contributed by atoms with van der Waals surface area (Å²) in [7, 11) is -1.59. The Morgan fingerprint density at radius 2 is 2.17 bits per heavy atom. The fourth-order valence-corrected chi connectivity index (χ4v) is 1.98. The van der Waals surface area contributed by atoms with Crippen LogP contribution in [0.15, 0.2) is 0 Å². The molecule has 0 bridgehead atoms. The Morgan fingerprint density at radius 3 is 2.58 bits per heavy atom. The van der Waals surface area contributed by atoms with E-state index >= 15 is 0 Å². The molecule has 2 N–H and O–H groups in total. The van der Waals surface area contributed by atoms with Crippen LogP contribution in [0.25, 0.3) is 0 Å². The van der Waals surface area contributed by atoms with Crippen LogP contribution in [0.4, 0.5) is 0 Å². The summed E-state index contributed by atoms with van der Waals surface area (Å²) in [6.45, 7) is 0. The molecule has 0 aromatic carbocycles. The topological polar surface area (TPSA) is 88.5 Å². The first kappa shape index (κ1) is 12.4. The van der Waals surface area contributed by atoms with Gasteiger partial charge in [-0.1, -0.05) is 5.04 Å². The molecule has 7 nitrogen and oxygen atoms in total. The summed E-state index contributed by atoms with van der Waals surface area (Å²) in [4.78, 5) is 21.1. The van der Waals surface area contributed by atoms with Crippen LogP contribution < -0.4 is 0 Å². The zero-order valence-corrected chi connectivity index (χ0v) is 8.52. The quantitative estimate of drug-likeness (QED) is 0.283. The lowest BCUT2D eigenvalue weighted by atomic mass is 11.2. The second-order valence-corrected chi connectivity index (χ2v) is 4.64. The van der Waals surface area contributed by atoms with Gasteiger partial charge in [0.15, 0.2) is 0 Å². The predicted octanol–water partition coefficient (Wildman–Crippen LogP) is 0.0715. The third-order valence-electron chi connectivity index (χ3n) is 0.692. The van der Waals surface area contributed by atoms with Gasteiger partial charge in [-0.25, -0.2) is 4.89 Å². The van der Waals surface area contributed by atoms with E-state index in [0.29, 0.717) is 0 Å². The predicted molar refractivity (Wildman–Crippen MR) is 42.2 cm³/mol. The molecular formula is C3H11NO6P2. The van der Waals surface area contributed by atoms with Crippen molar-refractivity contribution in [2.24, 2.45) is 0 Å². The van der Waals surface area contributed by atoms with Gasteiger partial charge >= 0.3 is 7.60 Å². The summed E-state index contributed by atoms with van der Waals surface area (Å²) >= 11 is 0. The Kier molecular flexibility index (Phi) is 6.17. The molecule has 0 spiro atoms. The lowest BCUT2D eigenvalue weighted by molar-refractivity contribution is -0.451. The molecule has 0 aliphatic carbocycles. The van der Waals surface area contributed by atoms with Crippen LogP contribution in [0.2, 0.25) is 0 Å². The van der Waals surface area contributed by atoms with Gasteiger partial charge in [-0.2, -0.15) is 4.67 Å². The van der Waals surface area contributed by atoms with Crippen molar-refractivity contribution in [3.8, 4) is 0 Å². The summed E-state index contributed by atoms with van der Waals surface area (Å²) < 4.78 is 16.1. The van der Waals surface area contributed by atoms with Crippen molar-refractivity contribution in [2.75, 3.05) is 20.4 Å². The molecule has 0 aromatic rings. The third kappa shape index (κ3) is 8.52. The highest BCUT2D eigenvalue weighted by Gasteiger charge is 2.16. The lowest BCUT2D eigenvalue weighted by Gasteiger charge is -2.14. The van der Waals surface area contributed by atoms with E-state index in [-0.39, 0.29) is 15.2 Å². The van der Waals surface area contributed by atoms with Crippen LogP contribution in [0.5, 0.6) is 0 Å². The fourth-order valence-electron chi connectivity index (χ4n) is 0.418. The van der Waals surface area contributed by atoms with Gasteiger partial charge in [0.05, 0.1) is 7.11 Å². The zero-order chi connectivity index (χ0) is 9.61. The van der Waals surface area contributed by atoms with E-state index in [0.717, 1.165) is 0 Å². The largest absolute Gasteiger partial charge is 0.339 e. The Bertz CT molecular complexity index is 159. The van der Waals surface area contributed by atoms with E-state index in [2.05, 4.69) is 14.6 Å². The second-order valence-electron chi connectivity index (χ2n) is 1.91.